The molecule has 5 heteroatoms. The van der Waals surface area contributed by atoms with Crippen LogP contribution in [0.2, 0.25) is 0 Å². The summed E-state index contributed by atoms with van der Waals surface area (Å²) < 4.78 is 0. The van der Waals surface area contributed by atoms with Gasteiger partial charge in [-0.3, -0.25) is 14.4 Å². The van der Waals surface area contributed by atoms with Gasteiger partial charge < -0.3 is 10.2 Å². The van der Waals surface area contributed by atoms with Gasteiger partial charge in [0.1, 0.15) is 6.29 Å². The molecule has 0 saturated heterocycles. The maximum atomic E-state index is 12.7. The Labute approximate surface area is 148 Å². The lowest BCUT2D eigenvalue weighted by Crippen LogP contribution is -2.61. The first-order valence-corrected chi connectivity index (χ1v) is 9.14. The molecular formula is C20H28O5. The van der Waals surface area contributed by atoms with Gasteiger partial charge in [0.2, 0.25) is 0 Å². The molecule has 0 bridgehead atoms. The molecule has 25 heavy (non-hydrogen) atoms. The number of carbonyl (C=O) groups is 3. The lowest BCUT2D eigenvalue weighted by atomic mass is 9.43. The van der Waals surface area contributed by atoms with Crippen LogP contribution in [-0.4, -0.2) is 34.4 Å². The topological polar surface area (TPSA) is 91.7 Å². The average molecular weight is 348 g/mol. The summed E-state index contributed by atoms with van der Waals surface area (Å²) in [4.78, 5) is 36.1. The molecule has 0 radical (unpaired) electrons. The number of hydrogen-bond donors (Lipinski definition) is 2. The van der Waals surface area contributed by atoms with Crippen molar-refractivity contribution in [1.82, 2.24) is 0 Å². The molecule has 3 rings (SSSR count). The summed E-state index contributed by atoms with van der Waals surface area (Å²) in [7, 11) is 0. The van der Waals surface area contributed by atoms with Gasteiger partial charge in [-0.05, 0) is 62.4 Å². The lowest BCUT2D eigenvalue weighted by Gasteiger charge is -2.61. The van der Waals surface area contributed by atoms with Crippen LogP contribution in [0.4, 0.5) is 0 Å². The van der Waals surface area contributed by atoms with Crippen LogP contribution in [0, 0.1) is 28.1 Å². The van der Waals surface area contributed by atoms with Gasteiger partial charge in [-0.25, -0.2) is 0 Å². The standard InChI is InChI=1S/C20H28O5/c1-11(10-21)16-12(22)9-14-18(2)8-6-15(23)20(4,17(24)25)13(18)5-7-19(14,16)3/h10,13-15,23H,5-9H2,1-4H3,(H,24,25)/b16-11-/t13?,14-,15?,18-,19?,20+/m0/s1. The van der Waals surface area contributed by atoms with Crippen molar-refractivity contribution in [2.45, 2.75) is 65.9 Å². The van der Waals surface area contributed by atoms with Gasteiger partial charge in [0.15, 0.2) is 5.78 Å². The van der Waals surface area contributed by atoms with Crippen molar-refractivity contribution in [2.24, 2.45) is 28.1 Å². The number of hydrogen-bond acceptors (Lipinski definition) is 4. The lowest BCUT2D eigenvalue weighted by molar-refractivity contribution is -0.194. The fraction of sp³-hybridized carbons (Fsp3) is 0.750. The largest absolute Gasteiger partial charge is 0.481 e. The molecule has 6 atom stereocenters. The fourth-order valence-corrected chi connectivity index (χ4v) is 6.62. The summed E-state index contributed by atoms with van der Waals surface area (Å²) in [5.41, 5.74) is -0.748. The smallest absolute Gasteiger partial charge is 0.312 e. The minimum absolute atomic E-state index is 0.0160. The molecule has 0 aromatic rings. The predicted octanol–water partition coefficient (Wildman–Crippen LogP) is 2.76. The second-order valence-corrected chi connectivity index (χ2v) is 9.01. The highest BCUT2D eigenvalue weighted by Gasteiger charge is 2.67. The highest BCUT2D eigenvalue weighted by Crippen LogP contribution is 2.69. The molecule has 3 aliphatic rings. The summed E-state index contributed by atoms with van der Waals surface area (Å²) in [5.74, 6) is -1.09. The van der Waals surface area contributed by atoms with Gasteiger partial charge >= 0.3 is 5.97 Å². The van der Waals surface area contributed by atoms with E-state index in [1.54, 1.807) is 13.8 Å². The average Bonchev–Trinajstić information content (AvgIpc) is 2.82. The number of aliphatic hydroxyl groups excluding tert-OH is 1. The molecular weight excluding hydrogens is 320 g/mol. The Morgan fingerprint density at radius 3 is 2.36 bits per heavy atom. The number of ketones is 1. The van der Waals surface area contributed by atoms with Crippen molar-refractivity contribution >= 4 is 18.0 Å². The van der Waals surface area contributed by atoms with Gasteiger partial charge in [0.05, 0.1) is 11.5 Å². The van der Waals surface area contributed by atoms with E-state index in [2.05, 4.69) is 13.8 Å². The molecule has 0 amide bonds. The zero-order chi connectivity index (χ0) is 18.8. The van der Waals surface area contributed by atoms with E-state index in [9.17, 15) is 24.6 Å². The Morgan fingerprint density at radius 2 is 1.80 bits per heavy atom. The third-order valence-corrected chi connectivity index (χ3v) is 7.96. The third-order valence-electron chi connectivity index (χ3n) is 7.96. The predicted molar refractivity (Wildman–Crippen MR) is 91.8 cm³/mol. The highest BCUT2D eigenvalue weighted by molar-refractivity contribution is 6.04. The Bertz CT molecular complexity index is 680. The van der Waals surface area contributed by atoms with Crippen LogP contribution in [-0.2, 0) is 14.4 Å². The first-order chi connectivity index (χ1) is 11.5. The SMILES string of the molecule is C/C(C=O)=C1\C(=O)C[C@@H]2C1(C)CCC1[C@@](C)(C(=O)O)C(O)CC[C@@]12C. The Kier molecular flexibility index (Phi) is 4.03. The van der Waals surface area contributed by atoms with Crippen molar-refractivity contribution in [2.75, 3.05) is 0 Å². The van der Waals surface area contributed by atoms with Crippen LogP contribution in [0.1, 0.15) is 59.8 Å². The van der Waals surface area contributed by atoms with Crippen LogP contribution < -0.4 is 0 Å². The Hall–Kier alpha value is -1.49. The second-order valence-electron chi connectivity index (χ2n) is 9.01. The van der Waals surface area contributed by atoms with Crippen molar-refractivity contribution in [3.8, 4) is 0 Å². The van der Waals surface area contributed by atoms with E-state index >= 15 is 0 Å². The second kappa shape index (κ2) is 5.50. The van der Waals surface area contributed by atoms with E-state index in [1.165, 1.54) is 0 Å². The van der Waals surface area contributed by atoms with Crippen molar-refractivity contribution in [3.63, 3.8) is 0 Å². The maximum Gasteiger partial charge on any atom is 0.312 e. The molecule has 0 spiro atoms. The Morgan fingerprint density at radius 1 is 1.16 bits per heavy atom. The van der Waals surface area contributed by atoms with E-state index in [-0.39, 0.29) is 28.4 Å². The molecule has 138 valence electrons. The number of aldehydes is 1. The van der Waals surface area contributed by atoms with Gasteiger partial charge in [0, 0.05) is 17.4 Å². The van der Waals surface area contributed by atoms with Gasteiger partial charge in [-0.2, -0.15) is 0 Å². The number of aliphatic carboxylic acids is 1. The zero-order valence-electron chi connectivity index (χ0n) is 15.5. The number of carbonyl (C=O) groups excluding carboxylic acids is 2. The first kappa shape index (κ1) is 18.3. The zero-order valence-corrected chi connectivity index (χ0v) is 15.5. The normalized spacial score (nSPS) is 48.5. The molecule has 0 aliphatic heterocycles. The van der Waals surface area contributed by atoms with E-state index < -0.39 is 17.5 Å². The molecule has 3 unspecified atom stereocenters. The van der Waals surface area contributed by atoms with E-state index in [0.29, 0.717) is 43.3 Å². The van der Waals surface area contributed by atoms with Crippen LogP contribution in [0.3, 0.4) is 0 Å². The number of carboxylic acids is 1. The minimum Gasteiger partial charge on any atom is -0.481 e. The van der Waals surface area contributed by atoms with Crippen molar-refractivity contribution in [1.29, 1.82) is 0 Å². The molecule has 3 aliphatic carbocycles. The summed E-state index contributed by atoms with van der Waals surface area (Å²) in [6, 6.07) is 0. The number of aliphatic hydroxyl groups is 1. The van der Waals surface area contributed by atoms with Gasteiger partial charge in [-0.15, -0.1) is 0 Å². The monoisotopic (exact) mass is 348 g/mol. The van der Waals surface area contributed by atoms with E-state index in [1.807, 2.05) is 0 Å². The molecule has 5 nitrogen and oxygen atoms in total. The number of fused-ring (bicyclic) bond motifs is 3. The number of carboxylic acid groups (broad SMARTS) is 1. The highest BCUT2D eigenvalue weighted by atomic mass is 16.4. The van der Waals surface area contributed by atoms with Crippen LogP contribution in [0.15, 0.2) is 11.1 Å². The molecule has 0 heterocycles. The summed E-state index contributed by atoms with van der Waals surface area (Å²) >= 11 is 0. The maximum absolute atomic E-state index is 12.7. The van der Waals surface area contributed by atoms with Crippen LogP contribution >= 0.6 is 0 Å². The van der Waals surface area contributed by atoms with Gasteiger partial charge in [-0.1, -0.05) is 13.8 Å². The van der Waals surface area contributed by atoms with E-state index in [4.69, 9.17) is 0 Å². The first-order valence-electron chi connectivity index (χ1n) is 9.14. The van der Waals surface area contributed by atoms with Gasteiger partial charge in [0.25, 0.3) is 0 Å². The summed E-state index contributed by atoms with van der Waals surface area (Å²) in [6.45, 7) is 7.53. The minimum atomic E-state index is -1.19. The van der Waals surface area contributed by atoms with Crippen LogP contribution in [0.5, 0.6) is 0 Å². The number of Topliss-reactive ketones (excluding diaryl/α,β-unsaturated/α-hetero) is 1. The number of rotatable bonds is 2. The summed E-state index contributed by atoms with van der Waals surface area (Å²) in [6.07, 6.45) is 2.74. The molecule has 3 fully saturated rings. The molecule has 2 N–H and O–H groups in total. The Balaban J connectivity index is 2.12. The molecule has 0 aromatic carbocycles. The van der Waals surface area contributed by atoms with Crippen molar-refractivity contribution in [3.05, 3.63) is 11.1 Å². The summed E-state index contributed by atoms with van der Waals surface area (Å²) in [5, 5.41) is 20.4. The van der Waals surface area contributed by atoms with Crippen molar-refractivity contribution < 1.29 is 24.6 Å². The fourth-order valence-electron chi connectivity index (χ4n) is 6.62. The third kappa shape index (κ3) is 2.14. The number of allylic oxidation sites excluding steroid dienone is 2. The molecule has 3 saturated carbocycles. The molecule has 0 aromatic heterocycles. The van der Waals surface area contributed by atoms with E-state index in [0.717, 1.165) is 6.29 Å². The van der Waals surface area contributed by atoms with Crippen LogP contribution in [0.25, 0.3) is 0 Å². The quantitative estimate of drug-likeness (QED) is 0.591.